The standard InChI is InChI=1S/C13H12N2O4/c1-2-19-13(18)9-7-14-15(8-9)11-6-4-3-5-10(11)12(16)17/h3-8H,2H2,1H3,(H,16,17). The van der Waals surface area contributed by atoms with Crippen LogP contribution < -0.4 is 0 Å². The predicted molar refractivity (Wildman–Crippen MR) is 66.5 cm³/mol. The van der Waals surface area contributed by atoms with E-state index in [1.54, 1.807) is 25.1 Å². The maximum atomic E-state index is 11.5. The Labute approximate surface area is 109 Å². The van der Waals surface area contributed by atoms with Gasteiger partial charge in [-0.05, 0) is 19.1 Å². The first-order valence-corrected chi connectivity index (χ1v) is 5.68. The number of para-hydroxylation sites is 1. The van der Waals surface area contributed by atoms with E-state index in [4.69, 9.17) is 9.84 Å². The number of carboxylic acid groups (broad SMARTS) is 1. The number of hydrogen-bond donors (Lipinski definition) is 1. The minimum Gasteiger partial charge on any atom is -0.478 e. The summed E-state index contributed by atoms with van der Waals surface area (Å²) in [6, 6.07) is 6.42. The number of aromatic nitrogens is 2. The van der Waals surface area contributed by atoms with Crippen LogP contribution >= 0.6 is 0 Å². The molecule has 0 saturated heterocycles. The van der Waals surface area contributed by atoms with E-state index >= 15 is 0 Å². The molecule has 6 nitrogen and oxygen atoms in total. The van der Waals surface area contributed by atoms with Gasteiger partial charge in [0.25, 0.3) is 0 Å². The number of hydrogen-bond acceptors (Lipinski definition) is 4. The molecule has 0 saturated carbocycles. The van der Waals surface area contributed by atoms with Gasteiger partial charge in [-0.15, -0.1) is 0 Å². The van der Waals surface area contributed by atoms with Crippen molar-refractivity contribution in [1.29, 1.82) is 0 Å². The van der Waals surface area contributed by atoms with Gasteiger partial charge in [0.05, 0.1) is 29.6 Å². The highest BCUT2D eigenvalue weighted by atomic mass is 16.5. The third-order valence-corrected chi connectivity index (χ3v) is 2.48. The second-order valence-corrected chi connectivity index (χ2v) is 3.72. The largest absolute Gasteiger partial charge is 0.478 e. The fraction of sp³-hybridized carbons (Fsp3) is 0.154. The van der Waals surface area contributed by atoms with Crippen molar-refractivity contribution in [1.82, 2.24) is 9.78 Å². The molecule has 0 bridgehead atoms. The third-order valence-electron chi connectivity index (χ3n) is 2.48. The number of ether oxygens (including phenoxy) is 1. The van der Waals surface area contributed by atoms with Crippen LogP contribution in [0.15, 0.2) is 36.7 Å². The van der Waals surface area contributed by atoms with Crippen molar-refractivity contribution in [3.05, 3.63) is 47.8 Å². The third kappa shape index (κ3) is 2.62. The number of aromatic carboxylic acids is 1. The zero-order valence-corrected chi connectivity index (χ0v) is 10.2. The molecular weight excluding hydrogens is 248 g/mol. The van der Waals surface area contributed by atoms with E-state index in [1.165, 1.54) is 23.1 Å². The first kappa shape index (κ1) is 12.8. The number of esters is 1. The molecule has 1 heterocycles. The van der Waals surface area contributed by atoms with Crippen molar-refractivity contribution in [2.24, 2.45) is 0 Å². The van der Waals surface area contributed by atoms with Crippen LogP contribution in [0.3, 0.4) is 0 Å². The molecule has 0 unspecified atom stereocenters. The summed E-state index contributed by atoms with van der Waals surface area (Å²) in [4.78, 5) is 22.6. The Morgan fingerprint density at radius 2 is 2.11 bits per heavy atom. The van der Waals surface area contributed by atoms with E-state index < -0.39 is 11.9 Å². The molecule has 0 spiro atoms. The Morgan fingerprint density at radius 1 is 1.37 bits per heavy atom. The van der Waals surface area contributed by atoms with Gasteiger partial charge in [-0.2, -0.15) is 5.10 Å². The number of rotatable bonds is 4. The van der Waals surface area contributed by atoms with Crippen molar-refractivity contribution >= 4 is 11.9 Å². The maximum absolute atomic E-state index is 11.5. The smallest absolute Gasteiger partial charge is 0.341 e. The molecule has 0 aliphatic carbocycles. The maximum Gasteiger partial charge on any atom is 0.341 e. The summed E-state index contributed by atoms with van der Waals surface area (Å²) < 4.78 is 6.19. The monoisotopic (exact) mass is 260 g/mol. The summed E-state index contributed by atoms with van der Waals surface area (Å²) in [5, 5.41) is 13.1. The molecule has 0 aliphatic rings. The van der Waals surface area contributed by atoms with E-state index in [0.29, 0.717) is 5.69 Å². The summed E-state index contributed by atoms with van der Waals surface area (Å²) in [7, 11) is 0. The Balaban J connectivity index is 2.38. The number of carbonyl (C=O) groups excluding carboxylic acids is 1. The Bertz CT molecular complexity index is 619. The van der Waals surface area contributed by atoms with Gasteiger partial charge in [-0.3, -0.25) is 0 Å². The molecule has 0 atom stereocenters. The minimum atomic E-state index is -1.05. The van der Waals surface area contributed by atoms with Crippen LogP contribution in [0.1, 0.15) is 27.6 Å². The molecule has 0 amide bonds. The van der Waals surface area contributed by atoms with E-state index in [-0.39, 0.29) is 17.7 Å². The molecule has 1 aromatic carbocycles. The molecule has 2 aromatic rings. The number of nitrogens with zero attached hydrogens (tertiary/aromatic N) is 2. The van der Waals surface area contributed by atoms with Crippen molar-refractivity contribution in [3.63, 3.8) is 0 Å². The topological polar surface area (TPSA) is 81.4 Å². The van der Waals surface area contributed by atoms with Crippen LogP contribution in [-0.2, 0) is 4.74 Å². The van der Waals surface area contributed by atoms with Crippen LogP contribution in [0.2, 0.25) is 0 Å². The molecule has 0 aliphatic heterocycles. The van der Waals surface area contributed by atoms with Crippen LogP contribution in [0, 0.1) is 0 Å². The quantitative estimate of drug-likeness (QED) is 0.847. The van der Waals surface area contributed by atoms with Crippen molar-refractivity contribution in [3.8, 4) is 5.69 Å². The first-order valence-electron chi connectivity index (χ1n) is 5.68. The summed E-state index contributed by atoms with van der Waals surface area (Å²) in [6.07, 6.45) is 2.79. The molecule has 1 aromatic heterocycles. The molecular formula is C13H12N2O4. The van der Waals surface area contributed by atoms with Crippen LogP contribution in [0.5, 0.6) is 0 Å². The van der Waals surface area contributed by atoms with Gasteiger partial charge in [0, 0.05) is 6.20 Å². The Kier molecular flexibility index (Phi) is 3.61. The first-order chi connectivity index (χ1) is 9.13. The second kappa shape index (κ2) is 5.34. The fourth-order valence-corrected chi connectivity index (χ4v) is 1.63. The molecule has 6 heteroatoms. The highest BCUT2D eigenvalue weighted by Gasteiger charge is 2.14. The lowest BCUT2D eigenvalue weighted by Gasteiger charge is -2.04. The van der Waals surface area contributed by atoms with Crippen molar-refractivity contribution in [2.45, 2.75) is 6.92 Å². The number of benzene rings is 1. The lowest BCUT2D eigenvalue weighted by atomic mass is 10.2. The Hall–Kier alpha value is -2.63. The highest BCUT2D eigenvalue weighted by molar-refractivity contribution is 5.92. The lowest BCUT2D eigenvalue weighted by Crippen LogP contribution is -2.06. The highest BCUT2D eigenvalue weighted by Crippen LogP contribution is 2.14. The van der Waals surface area contributed by atoms with Gasteiger partial charge in [0.1, 0.15) is 0 Å². The zero-order chi connectivity index (χ0) is 13.8. The molecule has 98 valence electrons. The lowest BCUT2D eigenvalue weighted by molar-refractivity contribution is 0.0526. The van der Waals surface area contributed by atoms with E-state index in [9.17, 15) is 9.59 Å². The minimum absolute atomic E-state index is 0.112. The number of carbonyl (C=O) groups is 2. The zero-order valence-electron chi connectivity index (χ0n) is 10.2. The average molecular weight is 260 g/mol. The fourth-order valence-electron chi connectivity index (χ4n) is 1.63. The second-order valence-electron chi connectivity index (χ2n) is 3.72. The average Bonchev–Trinajstić information content (AvgIpc) is 2.88. The van der Waals surface area contributed by atoms with Crippen LogP contribution in [0.4, 0.5) is 0 Å². The number of carboxylic acids is 1. The van der Waals surface area contributed by atoms with E-state index in [0.717, 1.165) is 0 Å². The normalized spacial score (nSPS) is 10.2. The molecule has 19 heavy (non-hydrogen) atoms. The van der Waals surface area contributed by atoms with Crippen LogP contribution in [0.25, 0.3) is 5.69 Å². The van der Waals surface area contributed by atoms with Crippen molar-refractivity contribution in [2.75, 3.05) is 6.61 Å². The van der Waals surface area contributed by atoms with E-state index in [1.807, 2.05) is 0 Å². The molecule has 2 rings (SSSR count). The summed E-state index contributed by atoms with van der Waals surface area (Å²) in [5.41, 5.74) is 0.786. The van der Waals surface area contributed by atoms with Crippen molar-refractivity contribution < 1.29 is 19.4 Å². The summed E-state index contributed by atoms with van der Waals surface area (Å²) in [6.45, 7) is 1.98. The van der Waals surface area contributed by atoms with Gasteiger partial charge in [-0.25, -0.2) is 14.3 Å². The van der Waals surface area contributed by atoms with Gasteiger partial charge >= 0.3 is 11.9 Å². The predicted octanol–water partition coefficient (Wildman–Crippen LogP) is 1.75. The molecule has 0 fully saturated rings. The Morgan fingerprint density at radius 3 is 2.79 bits per heavy atom. The SMILES string of the molecule is CCOC(=O)c1cnn(-c2ccccc2C(=O)O)c1. The molecule has 0 radical (unpaired) electrons. The van der Waals surface area contributed by atoms with Gasteiger partial charge in [0.2, 0.25) is 0 Å². The summed E-state index contributed by atoms with van der Waals surface area (Å²) >= 11 is 0. The van der Waals surface area contributed by atoms with Gasteiger partial charge < -0.3 is 9.84 Å². The van der Waals surface area contributed by atoms with Gasteiger partial charge in [0.15, 0.2) is 0 Å². The van der Waals surface area contributed by atoms with Gasteiger partial charge in [-0.1, -0.05) is 12.1 Å². The van der Waals surface area contributed by atoms with E-state index in [2.05, 4.69) is 5.10 Å². The summed E-state index contributed by atoms with van der Waals surface area (Å²) in [5.74, 6) is -1.54. The van der Waals surface area contributed by atoms with Crippen LogP contribution in [-0.4, -0.2) is 33.4 Å². The molecule has 1 N–H and O–H groups in total.